The van der Waals surface area contributed by atoms with Gasteiger partial charge in [0.2, 0.25) is 0 Å². The van der Waals surface area contributed by atoms with Crippen LogP contribution in [-0.2, 0) is 28.6 Å². The molecule has 0 aliphatic carbocycles. The van der Waals surface area contributed by atoms with Gasteiger partial charge in [-0.2, -0.15) is 0 Å². The second-order valence-corrected chi connectivity index (χ2v) is 16.1. The van der Waals surface area contributed by atoms with Gasteiger partial charge in [0.15, 0.2) is 6.10 Å². The van der Waals surface area contributed by atoms with Crippen LogP contribution in [-0.4, -0.2) is 37.2 Å². The zero-order valence-electron chi connectivity index (χ0n) is 34.7. The highest BCUT2D eigenvalue weighted by Crippen LogP contribution is 2.17. The zero-order valence-corrected chi connectivity index (χ0v) is 34.7. The molecule has 0 bridgehead atoms. The Morgan fingerprint density at radius 1 is 0.412 bits per heavy atom. The number of esters is 3. The number of hydrogen-bond acceptors (Lipinski definition) is 6. The molecule has 0 aromatic rings. The molecule has 0 aliphatic rings. The van der Waals surface area contributed by atoms with Gasteiger partial charge >= 0.3 is 17.9 Å². The van der Waals surface area contributed by atoms with Crippen molar-refractivity contribution in [1.82, 2.24) is 0 Å². The Bertz CT molecular complexity index is 781. The van der Waals surface area contributed by atoms with Crippen molar-refractivity contribution < 1.29 is 28.6 Å². The van der Waals surface area contributed by atoms with E-state index in [2.05, 4.69) is 34.6 Å². The van der Waals surface area contributed by atoms with Crippen LogP contribution in [0.4, 0.5) is 0 Å². The van der Waals surface area contributed by atoms with E-state index in [0.29, 0.717) is 19.3 Å². The maximum absolute atomic E-state index is 12.7. The highest BCUT2D eigenvalue weighted by molar-refractivity contribution is 5.71. The number of ether oxygens (including phenoxy) is 3. The summed E-state index contributed by atoms with van der Waals surface area (Å²) < 4.78 is 16.7. The van der Waals surface area contributed by atoms with E-state index < -0.39 is 6.10 Å². The minimum atomic E-state index is -0.760. The summed E-state index contributed by atoms with van der Waals surface area (Å²) in [6, 6.07) is 0. The fraction of sp³-hybridized carbons (Fsp3) is 0.933. The topological polar surface area (TPSA) is 78.9 Å². The third-order valence-corrected chi connectivity index (χ3v) is 10.3. The Hall–Kier alpha value is -1.59. The minimum Gasteiger partial charge on any atom is -0.462 e. The van der Waals surface area contributed by atoms with Gasteiger partial charge in [-0.15, -0.1) is 0 Å². The lowest BCUT2D eigenvalue weighted by atomic mass is 10.00. The lowest BCUT2D eigenvalue weighted by molar-refractivity contribution is -0.167. The van der Waals surface area contributed by atoms with E-state index in [1.807, 2.05) is 0 Å². The first-order valence-electron chi connectivity index (χ1n) is 22.3. The maximum atomic E-state index is 12.7. The molecule has 2 atom stereocenters. The largest absolute Gasteiger partial charge is 0.462 e. The first-order chi connectivity index (χ1) is 24.8. The van der Waals surface area contributed by atoms with E-state index in [0.717, 1.165) is 69.6 Å². The van der Waals surface area contributed by atoms with E-state index in [-0.39, 0.29) is 31.1 Å². The molecule has 0 N–H and O–H groups in total. The molecule has 0 rings (SSSR count). The lowest BCUT2D eigenvalue weighted by Crippen LogP contribution is -2.30. The fourth-order valence-corrected chi connectivity index (χ4v) is 6.54. The molecular weight excluding hydrogens is 636 g/mol. The first-order valence-corrected chi connectivity index (χ1v) is 22.3. The Labute approximate surface area is 317 Å². The summed E-state index contributed by atoms with van der Waals surface area (Å²) in [5.74, 6) is 0.775. The van der Waals surface area contributed by atoms with Crippen LogP contribution in [0.5, 0.6) is 0 Å². The van der Waals surface area contributed by atoms with Crippen LogP contribution in [0, 0.1) is 11.8 Å². The molecule has 0 spiro atoms. The Balaban J connectivity index is 4.33. The highest BCUT2D eigenvalue weighted by Gasteiger charge is 2.19. The third-order valence-electron chi connectivity index (χ3n) is 10.3. The first kappa shape index (κ1) is 49.4. The number of carbonyl (C=O) groups excluding carboxylic acids is 3. The van der Waals surface area contributed by atoms with E-state index in [1.165, 1.54) is 128 Å². The van der Waals surface area contributed by atoms with Crippen molar-refractivity contribution in [2.75, 3.05) is 13.2 Å². The van der Waals surface area contributed by atoms with Crippen LogP contribution >= 0.6 is 0 Å². The van der Waals surface area contributed by atoms with Crippen LogP contribution in [0.15, 0.2) is 0 Å². The van der Waals surface area contributed by atoms with E-state index >= 15 is 0 Å². The Morgan fingerprint density at radius 3 is 1.12 bits per heavy atom. The lowest BCUT2D eigenvalue weighted by Gasteiger charge is -2.18. The average Bonchev–Trinajstić information content (AvgIpc) is 3.11. The number of unbranched alkanes of at least 4 members (excludes halogenated alkanes) is 23. The van der Waals surface area contributed by atoms with E-state index in [9.17, 15) is 14.4 Å². The van der Waals surface area contributed by atoms with Crippen LogP contribution < -0.4 is 0 Å². The quantitative estimate of drug-likeness (QED) is 0.0357. The maximum Gasteiger partial charge on any atom is 0.306 e. The van der Waals surface area contributed by atoms with E-state index in [1.54, 1.807) is 0 Å². The molecule has 6 heteroatoms. The van der Waals surface area contributed by atoms with Gasteiger partial charge in [-0.3, -0.25) is 14.4 Å². The normalized spacial score (nSPS) is 12.6. The number of rotatable bonds is 39. The Morgan fingerprint density at radius 2 is 0.745 bits per heavy atom. The summed E-state index contributed by atoms with van der Waals surface area (Å²) in [6.45, 7) is 11.3. The monoisotopic (exact) mass is 723 g/mol. The smallest absolute Gasteiger partial charge is 0.306 e. The van der Waals surface area contributed by atoms with Crippen molar-refractivity contribution in [3.05, 3.63) is 0 Å². The summed E-state index contributed by atoms with van der Waals surface area (Å²) in [7, 11) is 0. The molecule has 0 saturated carbocycles. The highest BCUT2D eigenvalue weighted by atomic mass is 16.6. The number of hydrogen-bond donors (Lipinski definition) is 0. The molecule has 1 unspecified atom stereocenters. The van der Waals surface area contributed by atoms with Crippen molar-refractivity contribution in [3.63, 3.8) is 0 Å². The standard InChI is InChI=1S/C45H86O6/c1-6-8-9-10-11-15-19-25-30-35-43(46)49-38-42(39-50-44(47)36-31-26-22-21-24-29-34-41(5)7-2)51-45(48)37-32-27-20-17-14-12-13-16-18-23-28-33-40(3)4/h40-42H,6-39H2,1-5H3/t41?,42-/m0/s1. The summed E-state index contributed by atoms with van der Waals surface area (Å²) >= 11 is 0. The minimum absolute atomic E-state index is 0.0658. The second-order valence-electron chi connectivity index (χ2n) is 16.1. The van der Waals surface area contributed by atoms with Gasteiger partial charge in [0.1, 0.15) is 13.2 Å². The molecule has 302 valence electrons. The molecule has 0 heterocycles. The predicted molar refractivity (Wildman–Crippen MR) is 215 cm³/mol. The van der Waals surface area contributed by atoms with Gasteiger partial charge in [-0.1, -0.05) is 202 Å². The summed E-state index contributed by atoms with van der Waals surface area (Å²) in [5.41, 5.74) is 0. The van der Waals surface area contributed by atoms with Crippen LogP contribution in [0.25, 0.3) is 0 Å². The second kappa shape index (κ2) is 38.1. The summed E-state index contributed by atoms with van der Waals surface area (Å²) in [4.78, 5) is 37.6. The third kappa shape index (κ3) is 38.0. The zero-order chi connectivity index (χ0) is 37.6. The van der Waals surface area contributed by atoms with Crippen LogP contribution in [0.1, 0.15) is 240 Å². The molecule has 0 aliphatic heterocycles. The van der Waals surface area contributed by atoms with E-state index in [4.69, 9.17) is 14.2 Å². The van der Waals surface area contributed by atoms with Crippen LogP contribution in [0.2, 0.25) is 0 Å². The average molecular weight is 723 g/mol. The van der Waals surface area contributed by atoms with Crippen molar-refractivity contribution in [2.24, 2.45) is 11.8 Å². The molecule has 0 saturated heterocycles. The molecular formula is C45H86O6. The van der Waals surface area contributed by atoms with Crippen LogP contribution in [0.3, 0.4) is 0 Å². The molecule has 0 fully saturated rings. The van der Waals surface area contributed by atoms with Crippen molar-refractivity contribution in [2.45, 2.75) is 246 Å². The van der Waals surface area contributed by atoms with Gasteiger partial charge in [-0.25, -0.2) is 0 Å². The summed E-state index contributed by atoms with van der Waals surface area (Å²) in [6.07, 6.45) is 35.2. The van der Waals surface area contributed by atoms with Gasteiger partial charge in [-0.05, 0) is 31.1 Å². The van der Waals surface area contributed by atoms with Gasteiger partial charge in [0.05, 0.1) is 0 Å². The van der Waals surface area contributed by atoms with Gasteiger partial charge < -0.3 is 14.2 Å². The Kier molecular flexibility index (Phi) is 37.0. The fourth-order valence-electron chi connectivity index (χ4n) is 6.54. The molecule has 0 radical (unpaired) electrons. The molecule has 0 amide bonds. The molecule has 51 heavy (non-hydrogen) atoms. The van der Waals surface area contributed by atoms with Crippen molar-refractivity contribution in [1.29, 1.82) is 0 Å². The predicted octanol–water partition coefficient (Wildman–Crippen LogP) is 13.8. The molecule has 0 aromatic carbocycles. The van der Waals surface area contributed by atoms with Gasteiger partial charge in [0, 0.05) is 19.3 Å². The summed E-state index contributed by atoms with van der Waals surface area (Å²) in [5, 5.41) is 0. The molecule has 0 aromatic heterocycles. The van der Waals surface area contributed by atoms with Crippen molar-refractivity contribution >= 4 is 17.9 Å². The SMILES string of the molecule is CCCCCCCCCCCC(=O)OC[C@@H](COC(=O)CCCCCCCCC(C)CC)OC(=O)CCCCCCCCCCCCCC(C)C. The van der Waals surface area contributed by atoms with Gasteiger partial charge in [0.25, 0.3) is 0 Å². The number of carbonyl (C=O) groups is 3. The molecule has 6 nitrogen and oxygen atoms in total. The van der Waals surface area contributed by atoms with Crippen molar-refractivity contribution in [3.8, 4) is 0 Å².